The maximum absolute atomic E-state index is 10.7. The van der Waals surface area contributed by atoms with Crippen LogP contribution in [0.2, 0.25) is 0 Å². The molecule has 0 heterocycles. The van der Waals surface area contributed by atoms with E-state index in [1.54, 1.807) is 0 Å². The first-order valence-electron chi connectivity index (χ1n) is 5.10. The Morgan fingerprint density at radius 3 is 2.29 bits per heavy atom. The van der Waals surface area contributed by atoms with Crippen LogP contribution in [-0.4, -0.2) is 6.29 Å². The van der Waals surface area contributed by atoms with Gasteiger partial charge < -0.3 is 4.79 Å². The molecule has 1 aliphatic carbocycles. The molecule has 0 N–H and O–H groups in total. The Morgan fingerprint density at radius 2 is 1.86 bits per heavy atom. The summed E-state index contributed by atoms with van der Waals surface area (Å²) in [6.45, 7) is 6.40. The molecule has 1 nitrogen and oxygen atoms in total. The molecule has 14 heavy (non-hydrogen) atoms. The summed E-state index contributed by atoms with van der Waals surface area (Å²) in [5.41, 5.74) is 4.03. The van der Waals surface area contributed by atoms with E-state index < -0.39 is 0 Å². The lowest BCUT2D eigenvalue weighted by Gasteiger charge is -2.12. The first-order valence-corrected chi connectivity index (χ1v) is 5.10. The Bertz CT molecular complexity index is 361. The van der Waals surface area contributed by atoms with E-state index >= 15 is 0 Å². The van der Waals surface area contributed by atoms with Gasteiger partial charge in [-0.2, -0.15) is 0 Å². The van der Waals surface area contributed by atoms with E-state index in [0.717, 1.165) is 12.7 Å². The van der Waals surface area contributed by atoms with E-state index in [2.05, 4.69) is 39.0 Å². The van der Waals surface area contributed by atoms with E-state index in [-0.39, 0.29) is 11.3 Å². The van der Waals surface area contributed by atoms with Crippen molar-refractivity contribution in [2.75, 3.05) is 0 Å². The van der Waals surface area contributed by atoms with Crippen LogP contribution in [0.25, 0.3) is 0 Å². The fourth-order valence-corrected chi connectivity index (χ4v) is 2.23. The number of aldehydes is 1. The van der Waals surface area contributed by atoms with Crippen LogP contribution in [0.1, 0.15) is 30.0 Å². The van der Waals surface area contributed by atoms with E-state index in [1.807, 2.05) is 0 Å². The zero-order valence-electron chi connectivity index (χ0n) is 9.00. The molecule has 1 heteroatoms. The largest absolute Gasteiger partial charge is 0.303 e. The third kappa shape index (κ3) is 1.37. The van der Waals surface area contributed by atoms with Crippen LogP contribution in [0, 0.1) is 19.8 Å². The second kappa shape index (κ2) is 2.94. The highest BCUT2D eigenvalue weighted by atomic mass is 16.1. The molecule has 0 bridgehead atoms. The lowest BCUT2D eigenvalue weighted by atomic mass is 9.93. The van der Waals surface area contributed by atoms with Crippen LogP contribution < -0.4 is 0 Å². The van der Waals surface area contributed by atoms with Crippen molar-refractivity contribution in [3.05, 3.63) is 34.9 Å². The fourth-order valence-electron chi connectivity index (χ4n) is 2.23. The summed E-state index contributed by atoms with van der Waals surface area (Å²) in [7, 11) is 0. The van der Waals surface area contributed by atoms with Crippen LogP contribution in [0.3, 0.4) is 0 Å². The number of aryl methyl sites for hydroxylation is 2. The van der Waals surface area contributed by atoms with Gasteiger partial charge in [0.25, 0.3) is 0 Å². The summed E-state index contributed by atoms with van der Waals surface area (Å²) in [6, 6.07) is 6.58. The van der Waals surface area contributed by atoms with Gasteiger partial charge in [0.2, 0.25) is 0 Å². The standard InChI is InChI=1S/C13H16O/c1-9-4-10(2)6-11(5-9)13(3)7-12(13)8-14/h4-6,8,12H,7H2,1-3H3. The minimum Gasteiger partial charge on any atom is -0.303 e. The van der Waals surface area contributed by atoms with Gasteiger partial charge in [-0.25, -0.2) is 0 Å². The van der Waals surface area contributed by atoms with Crippen LogP contribution in [-0.2, 0) is 10.2 Å². The smallest absolute Gasteiger partial charge is 0.123 e. The second-order valence-electron chi connectivity index (χ2n) is 4.74. The molecule has 0 radical (unpaired) electrons. The zero-order valence-corrected chi connectivity index (χ0v) is 9.00. The first-order chi connectivity index (χ1) is 6.56. The number of benzene rings is 1. The van der Waals surface area contributed by atoms with Gasteiger partial charge in [-0.3, -0.25) is 0 Å². The zero-order chi connectivity index (χ0) is 10.3. The van der Waals surface area contributed by atoms with Crippen molar-refractivity contribution < 1.29 is 4.79 Å². The van der Waals surface area contributed by atoms with Crippen LogP contribution in [0.15, 0.2) is 18.2 Å². The lowest BCUT2D eigenvalue weighted by Crippen LogP contribution is -2.05. The SMILES string of the molecule is Cc1cc(C)cc(C2(C)CC2C=O)c1. The monoisotopic (exact) mass is 188 g/mol. The maximum Gasteiger partial charge on any atom is 0.123 e. The van der Waals surface area contributed by atoms with E-state index in [9.17, 15) is 4.79 Å². The highest BCUT2D eigenvalue weighted by molar-refractivity contribution is 5.64. The molecular formula is C13H16O. The molecule has 1 aromatic rings. The molecule has 0 amide bonds. The molecule has 1 saturated carbocycles. The van der Waals surface area contributed by atoms with Crippen LogP contribution in [0.4, 0.5) is 0 Å². The van der Waals surface area contributed by atoms with Crippen molar-refractivity contribution in [2.45, 2.75) is 32.6 Å². The predicted octanol–water partition coefficient (Wildman–Crippen LogP) is 2.78. The minimum atomic E-state index is 0.124. The van der Waals surface area contributed by atoms with Crippen molar-refractivity contribution >= 4 is 6.29 Å². The molecule has 74 valence electrons. The van der Waals surface area contributed by atoms with E-state index in [0.29, 0.717) is 0 Å². The normalized spacial score (nSPS) is 30.1. The molecule has 0 aromatic heterocycles. The number of rotatable bonds is 2. The third-order valence-electron chi connectivity index (χ3n) is 3.35. The van der Waals surface area contributed by atoms with Crippen molar-refractivity contribution in [1.29, 1.82) is 0 Å². The minimum absolute atomic E-state index is 0.124. The fraction of sp³-hybridized carbons (Fsp3) is 0.462. The van der Waals surface area contributed by atoms with E-state index in [4.69, 9.17) is 0 Å². The van der Waals surface area contributed by atoms with Gasteiger partial charge in [0.1, 0.15) is 6.29 Å². The lowest BCUT2D eigenvalue weighted by molar-refractivity contribution is -0.109. The van der Waals surface area contributed by atoms with E-state index in [1.165, 1.54) is 16.7 Å². The molecule has 2 atom stereocenters. The molecule has 0 saturated heterocycles. The second-order valence-corrected chi connectivity index (χ2v) is 4.74. The highest BCUT2D eigenvalue weighted by Crippen LogP contribution is 2.52. The Kier molecular flexibility index (Phi) is 1.99. The molecule has 2 unspecified atom stereocenters. The van der Waals surface area contributed by atoms with Gasteiger partial charge in [-0.05, 0) is 25.8 Å². The van der Waals surface area contributed by atoms with Gasteiger partial charge in [0.05, 0.1) is 0 Å². The Hall–Kier alpha value is -1.11. The summed E-state index contributed by atoms with van der Waals surface area (Å²) in [4.78, 5) is 10.7. The highest BCUT2D eigenvalue weighted by Gasteiger charge is 2.51. The number of carbonyl (C=O) groups is 1. The number of hydrogen-bond donors (Lipinski definition) is 0. The van der Waals surface area contributed by atoms with Crippen molar-refractivity contribution in [1.82, 2.24) is 0 Å². The van der Waals surface area contributed by atoms with Gasteiger partial charge in [-0.1, -0.05) is 36.2 Å². The molecule has 0 aliphatic heterocycles. The quantitative estimate of drug-likeness (QED) is 0.652. The molecule has 1 fully saturated rings. The first kappa shape index (κ1) is 9.45. The van der Waals surface area contributed by atoms with Crippen molar-refractivity contribution in [2.24, 2.45) is 5.92 Å². The third-order valence-corrected chi connectivity index (χ3v) is 3.35. The average Bonchev–Trinajstić information content (AvgIpc) is 2.77. The number of hydrogen-bond acceptors (Lipinski definition) is 1. The maximum atomic E-state index is 10.7. The summed E-state index contributed by atoms with van der Waals surface area (Å²) in [6.07, 6.45) is 2.11. The van der Waals surface area contributed by atoms with Crippen LogP contribution in [0.5, 0.6) is 0 Å². The Balaban J connectivity index is 2.38. The van der Waals surface area contributed by atoms with Crippen molar-refractivity contribution in [3.8, 4) is 0 Å². The molecule has 0 spiro atoms. The summed E-state index contributed by atoms with van der Waals surface area (Å²) < 4.78 is 0. The van der Waals surface area contributed by atoms with Gasteiger partial charge in [0.15, 0.2) is 0 Å². The van der Waals surface area contributed by atoms with Gasteiger partial charge in [0, 0.05) is 11.3 Å². The summed E-state index contributed by atoms with van der Waals surface area (Å²) >= 11 is 0. The van der Waals surface area contributed by atoms with Crippen molar-refractivity contribution in [3.63, 3.8) is 0 Å². The Morgan fingerprint density at radius 1 is 1.29 bits per heavy atom. The van der Waals surface area contributed by atoms with Crippen LogP contribution >= 0.6 is 0 Å². The molecule has 2 rings (SSSR count). The number of carbonyl (C=O) groups excluding carboxylic acids is 1. The van der Waals surface area contributed by atoms with Gasteiger partial charge >= 0.3 is 0 Å². The van der Waals surface area contributed by atoms with Gasteiger partial charge in [-0.15, -0.1) is 0 Å². The molecule has 1 aliphatic rings. The Labute approximate surface area is 85.1 Å². The molecule has 1 aromatic carbocycles. The topological polar surface area (TPSA) is 17.1 Å². The predicted molar refractivity (Wildman–Crippen MR) is 57.4 cm³/mol. The molecular weight excluding hydrogens is 172 g/mol. The average molecular weight is 188 g/mol. The summed E-state index contributed by atoms with van der Waals surface area (Å²) in [5.74, 6) is 0.240. The summed E-state index contributed by atoms with van der Waals surface area (Å²) in [5, 5.41) is 0.